The summed E-state index contributed by atoms with van der Waals surface area (Å²) in [6.07, 6.45) is 5.40. The van der Waals surface area contributed by atoms with Crippen LogP contribution in [0.4, 0.5) is 5.69 Å². The van der Waals surface area contributed by atoms with Crippen molar-refractivity contribution < 1.29 is 9.53 Å². The van der Waals surface area contributed by atoms with Gasteiger partial charge in [-0.2, -0.15) is 0 Å². The van der Waals surface area contributed by atoms with Crippen LogP contribution in [0.3, 0.4) is 0 Å². The number of rotatable bonds is 5. The van der Waals surface area contributed by atoms with Gasteiger partial charge in [0.1, 0.15) is 0 Å². The fourth-order valence-corrected chi connectivity index (χ4v) is 4.78. The van der Waals surface area contributed by atoms with Crippen molar-refractivity contribution in [3.63, 3.8) is 0 Å². The van der Waals surface area contributed by atoms with Crippen LogP contribution in [0.5, 0.6) is 0 Å². The summed E-state index contributed by atoms with van der Waals surface area (Å²) in [5.41, 5.74) is 3.12. The highest BCUT2D eigenvalue weighted by molar-refractivity contribution is 5.88. The number of amides is 1. The first kappa shape index (κ1) is 20.0. The third-order valence-electron chi connectivity index (χ3n) is 6.51. The number of likely N-dealkylation sites (N-methyl/N-ethyl adjacent to an activating group) is 1. The maximum absolute atomic E-state index is 13.6. The molecule has 2 fully saturated rings. The van der Waals surface area contributed by atoms with Crippen molar-refractivity contribution in [3.05, 3.63) is 65.7 Å². The van der Waals surface area contributed by atoms with Crippen LogP contribution in [0.2, 0.25) is 0 Å². The second-order valence-corrected chi connectivity index (χ2v) is 8.44. The van der Waals surface area contributed by atoms with Gasteiger partial charge in [0.15, 0.2) is 0 Å². The molecule has 0 N–H and O–H groups in total. The van der Waals surface area contributed by atoms with E-state index < -0.39 is 5.41 Å². The Morgan fingerprint density at radius 3 is 2.28 bits per heavy atom. The molecule has 2 heterocycles. The molecule has 0 atom stereocenters. The average molecular weight is 393 g/mol. The lowest BCUT2D eigenvalue weighted by molar-refractivity contribution is -0.140. The average Bonchev–Trinajstić information content (AvgIpc) is 2.80. The Hall–Kier alpha value is -2.33. The first-order valence-electron chi connectivity index (χ1n) is 10.9. The zero-order valence-electron chi connectivity index (χ0n) is 17.5. The molecule has 2 aliphatic heterocycles. The number of piperidine rings is 1. The highest BCUT2D eigenvalue weighted by atomic mass is 16.5. The minimum atomic E-state index is -0.470. The fraction of sp³-hybridized carbons (Fsp3) is 0.480. The van der Waals surface area contributed by atoms with Crippen molar-refractivity contribution in [2.45, 2.75) is 44.1 Å². The Balaban J connectivity index is 1.48. The predicted octanol–water partition coefficient (Wildman–Crippen LogP) is 4.38. The van der Waals surface area contributed by atoms with Gasteiger partial charge in [0.2, 0.25) is 5.91 Å². The molecule has 2 aliphatic rings. The Kier molecular flexibility index (Phi) is 6.19. The zero-order chi connectivity index (χ0) is 20.1. The van der Waals surface area contributed by atoms with E-state index in [-0.39, 0.29) is 5.91 Å². The lowest BCUT2D eigenvalue weighted by Gasteiger charge is -2.39. The molecule has 0 unspecified atom stereocenters. The van der Waals surface area contributed by atoms with Gasteiger partial charge >= 0.3 is 0 Å². The van der Waals surface area contributed by atoms with Gasteiger partial charge in [0.05, 0.1) is 5.41 Å². The number of nitrogens with zero attached hydrogens (tertiary/aromatic N) is 2. The summed E-state index contributed by atoms with van der Waals surface area (Å²) in [4.78, 5) is 18.0. The van der Waals surface area contributed by atoms with Crippen LogP contribution in [0.1, 0.15) is 43.2 Å². The van der Waals surface area contributed by atoms with Crippen LogP contribution >= 0.6 is 0 Å². The second-order valence-electron chi connectivity index (χ2n) is 8.44. The summed E-state index contributed by atoms with van der Waals surface area (Å²) >= 11 is 0. The molecule has 1 amide bonds. The van der Waals surface area contributed by atoms with E-state index in [9.17, 15) is 4.79 Å². The smallest absolute Gasteiger partial charge is 0.233 e. The van der Waals surface area contributed by atoms with Crippen LogP contribution in [0.15, 0.2) is 54.6 Å². The number of hydrogen-bond acceptors (Lipinski definition) is 3. The summed E-state index contributed by atoms with van der Waals surface area (Å²) in [5.74, 6) is 0.201. The first-order chi connectivity index (χ1) is 14.2. The van der Waals surface area contributed by atoms with E-state index in [0.29, 0.717) is 19.8 Å². The van der Waals surface area contributed by atoms with Gasteiger partial charge in [0.25, 0.3) is 0 Å². The fourth-order valence-electron chi connectivity index (χ4n) is 4.78. The number of carbonyl (C=O) groups is 1. The number of ether oxygens (including phenoxy) is 1. The maximum Gasteiger partial charge on any atom is 0.233 e. The molecule has 2 saturated heterocycles. The third-order valence-corrected chi connectivity index (χ3v) is 6.51. The van der Waals surface area contributed by atoms with Crippen LogP contribution in [0, 0.1) is 0 Å². The summed E-state index contributed by atoms with van der Waals surface area (Å²) in [6.45, 7) is 4.21. The third kappa shape index (κ3) is 4.32. The second kappa shape index (κ2) is 9.00. The normalized spacial score (nSPS) is 19.0. The van der Waals surface area contributed by atoms with Crippen molar-refractivity contribution in [2.75, 3.05) is 38.3 Å². The number of hydrogen-bond donors (Lipinski definition) is 0. The summed E-state index contributed by atoms with van der Waals surface area (Å²) in [6, 6.07) is 19.0. The molecule has 4 rings (SSSR count). The molecule has 2 aromatic rings. The van der Waals surface area contributed by atoms with Crippen LogP contribution in [-0.4, -0.2) is 44.2 Å². The van der Waals surface area contributed by atoms with Crippen LogP contribution in [0.25, 0.3) is 0 Å². The van der Waals surface area contributed by atoms with E-state index in [1.54, 1.807) is 0 Å². The standard InChI is InChI=1S/C25H32N2O2/c1-26(20-21-10-12-23(13-11-21)27-16-6-3-7-17-27)24(28)25(14-18-29-19-15-25)22-8-4-2-5-9-22/h2,4-5,8-13H,3,6-7,14-20H2,1H3. The van der Waals surface area contributed by atoms with Gasteiger partial charge in [-0.3, -0.25) is 4.79 Å². The van der Waals surface area contributed by atoms with E-state index in [2.05, 4.69) is 41.3 Å². The van der Waals surface area contributed by atoms with E-state index >= 15 is 0 Å². The Morgan fingerprint density at radius 2 is 1.62 bits per heavy atom. The van der Waals surface area contributed by atoms with Gasteiger partial charge in [-0.1, -0.05) is 42.5 Å². The molecule has 0 radical (unpaired) electrons. The molecule has 0 aliphatic carbocycles. The molecule has 4 heteroatoms. The van der Waals surface area contributed by atoms with E-state index in [4.69, 9.17) is 4.74 Å². The Morgan fingerprint density at radius 1 is 0.966 bits per heavy atom. The number of carbonyl (C=O) groups excluding carboxylic acids is 1. The van der Waals surface area contributed by atoms with Gasteiger partial charge in [-0.05, 0) is 55.4 Å². The quantitative estimate of drug-likeness (QED) is 0.757. The SMILES string of the molecule is CN(Cc1ccc(N2CCCCC2)cc1)C(=O)C1(c2ccccc2)CCOCC1. The minimum Gasteiger partial charge on any atom is -0.381 e. The summed E-state index contributed by atoms with van der Waals surface area (Å²) in [7, 11) is 1.93. The Labute approximate surface area is 174 Å². The summed E-state index contributed by atoms with van der Waals surface area (Å²) in [5, 5.41) is 0. The predicted molar refractivity (Wildman–Crippen MR) is 117 cm³/mol. The van der Waals surface area contributed by atoms with Gasteiger partial charge in [0, 0.05) is 45.6 Å². The Bertz CT molecular complexity index is 791. The molecule has 0 bridgehead atoms. The van der Waals surface area contributed by atoms with Gasteiger partial charge < -0.3 is 14.5 Å². The van der Waals surface area contributed by atoms with E-state index in [1.165, 1.54) is 30.5 Å². The first-order valence-corrected chi connectivity index (χ1v) is 10.9. The van der Waals surface area contributed by atoms with Crippen molar-refractivity contribution in [3.8, 4) is 0 Å². The zero-order valence-corrected chi connectivity index (χ0v) is 17.5. The molecule has 154 valence electrons. The topological polar surface area (TPSA) is 32.8 Å². The molecule has 4 nitrogen and oxygen atoms in total. The van der Waals surface area contributed by atoms with Crippen molar-refractivity contribution in [2.24, 2.45) is 0 Å². The molecule has 0 saturated carbocycles. The largest absolute Gasteiger partial charge is 0.381 e. The van der Waals surface area contributed by atoms with Crippen LogP contribution in [-0.2, 0) is 21.5 Å². The van der Waals surface area contributed by atoms with Crippen LogP contribution < -0.4 is 4.90 Å². The molecular weight excluding hydrogens is 360 g/mol. The molecule has 0 spiro atoms. The maximum atomic E-state index is 13.6. The van der Waals surface area contributed by atoms with Gasteiger partial charge in [-0.15, -0.1) is 0 Å². The monoisotopic (exact) mass is 392 g/mol. The highest BCUT2D eigenvalue weighted by Gasteiger charge is 2.43. The van der Waals surface area contributed by atoms with E-state index in [0.717, 1.165) is 31.5 Å². The van der Waals surface area contributed by atoms with Gasteiger partial charge in [-0.25, -0.2) is 0 Å². The highest BCUT2D eigenvalue weighted by Crippen LogP contribution is 2.37. The molecular formula is C25H32N2O2. The summed E-state index contributed by atoms with van der Waals surface area (Å²) < 4.78 is 5.59. The van der Waals surface area contributed by atoms with E-state index in [1.807, 2.05) is 30.1 Å². The minimum absolute atomic E-state index is 0.201. The molecule has 0 aromatic heterocycles. The lowest BCUT2D eigenvalue weighted by Crippen LogP contribution is -2.48. The van der Waals surface area contributed by atoms with Crippen molar-refractivity contribution >= 4 is 11.6 Å². The number of benzene rings is 2. The lowest BCUT2D eigenvalue weighted by atomic mass is 9.73. The van der Waals surface area contributed by atoms with Crippen molar-refractivity contribution in [1.82, 2.24) is 4.90 Å². The van der Waals surface area contributed by atoms with Crippen molar-refractivity contribution in [1.29, 1.82) is 0 Å². The number of anilines is 1. The molecule has 29 heavy (non-hydrogen) atoms. The molecule has 2 aromatic carbocycles.